The lowest BCUT2D eigenvalue weighted by Gasteiger charge is -2.32. The first-order valence-corrected chi connectivity index (χ1v) is 15.1. The SMILES string of the molecule is COCCCOc1cc(C[C@@H](C[C@H](NC(=O)OC(C)(C)C)[C@@H](O)C[C@@H](C)C(=O)NCCCC(=O)O)C(C)C)ccc1OC. The van der Waals surface area contributed by atoms with Crippen LogP contribution in [0.15, 0.2) is 18.2 Å². The van der Waals surface area contributed by atoms with Crippen molar-refractivity contribution < 1.29 is 43.5 Å². The summed E-state index contributed by atoms with van der Waals surface area (Å²) >= 11 is 0. The van der Waals surface area contributed by atoms with Gasteiger partial charge in [0.15, 0.2) is 11.5 Å². The molecule has 0 aliphatic rings. The number of alkyl carbamates (subject to hydrolysis) is 1. The minimum atomic E-state index is -1.02. The zero-order chi connectivity index (χ0) is 32.6. The monoisotopic (exact) mass is 610 g/mol. The van der Waals surface area contributed by atoms with Crippen LogP contribution in [0.4, 0.5) is 4.79 Å². The van der Waals surface area contributed by atoms with E-state index in [0.29, 0.717) is 44.0 Å². The number of aliphatic hydroxyl groups excluding tert-OH is 1. The standard InChI is InChI=1S/C32H54N2O9/c1-21(2)24(18-23-12-13-27(41-8)28(19-23)42-16-10-15-40-7)20-25(34-31(39)43-32(4,5)6)26(35)17-22(3)30(38)33-14-9-11-29(36)37/h12-13,19,21-22,24-26,35H,9-11,14-18,20H2,1-8H3,(H,33,38)(H,34,39)(H,36,37)/t22-,24+,25+,26+/m1/s1. The van der Waals surface area contributed by atoms with Gasteiger partial charge in [0, 0.05) is 39.0 Å². The van der Waals surface area contributed by atoms with E-state index >= 15 is 0 Å². The maximum atomic E-state index is 12.8. The van der Waals surface area contributed by atoms with Crippen molar-refractivity contribution in [2.75, 3.05) is 34.0 Å². The number of carbonyl (C=O) groups excluding carboxylic acids is 2. The third-order valence-corrected chi connectivity index (χ3v) is 7.05. The summed E-state index contributed by atoms with van der Waals surface area (Å²) in [4.78, 5) is 36.1. The zero-order valence-electron chi connectivity index (χ0n) is 27.2. The van der Waals surface area contributed by atoms with Crippen LogP contribution in [0.2, 0.25) is 0 Å². The average molecular weight is 611 g/mol. The normalized spacial score (nSPS) is 14.4. The van der Waals surface area contributed by atoms with E-state index in [0.717, 1.165) is 12.0 Å². The molecule has 1 rings (SSSR count). The summed E-state index contributed by atoms with van der Waals surface area (Å²) < 4.78 is 22.0. The Morgan fingerprint density at radius 3 is 2.26 bits per heavy atom. The van der Waals surface area contributed by atoms with E-state index in [1.165, 1.54) is 0 Å². The van der Waals surface area contributed by atoms with Crippen LogP contribution in [-0.4, -0.2) is 79.9 Å². The van der Waals surface area contributed by atoms with Crippen LogP contribution >= 0.6 is 0 Å². The Bertz CT molecular complexity index is 994. The number of ether oxygens (including phenoxy) is 4. The molecule has 0 fully saturated rings. The van der Waals surface area contributed by atoms with Gasteiger partial charge in [-0.05, 0) is 76.0 Å². The highest BCUT2D eigenvalue weighted by molar-refractivity contribution is 5.78. The van der Waals surface area contributed by atoms with Crippen LogP contribution in [0.25, 0.3) is 0 Å². The molecule has 0 saturated heterocycles. The number of carboxylic acids is 1. The Hall–Kier alpha value is -3.05. The van der Waals surface area contributed by atoms with Gasteiger partial charge in [0.1, 0.15) is 5.60 Å². The molecular weight excluding hydrogens is 556 g/mol. The van der Waals surface area contributed by atoms with Crippen LogP contribution < -0.4 is 20.1 Å². The fourth-order valence-corrected chi connectivity index (χ4v) is 4.60. The van der Waals surface area contributed by atoms with E-state index in [1.54, 1.807) is 41.9 Å². The quantitative estimate of drug-likeness (QED) is 0.156. The number of carbonyl (C=O) groups is 3. The van der Waals surface area contributed by atoms with Crippen molar-refractivity contribution in [1.29, 1.82) is 0 Å². The van der Waals surface area contributed by atoms with E-state index in [2.05, 4.69) is 24.5 Å². The summed E-state index contributed by atoms with van der Waals surface area (Å²) in [5, 5.41) is 25.7. The van der Waals surface area contributed by atoms with Gasteiger partial charge in [0.05, 0.1) is 25.9 Å². The second-order valence-corrected chi connectivity index (χ2v) is 12.4. The third-order valence-electron chi connectivity index (χ3n) is 7.05. The van der Waals surface area contributed by atoms with Crippen molar-refractivity contribution in [2.24, 2.45) is 17.8 Å². The van der Waals surface area contributed by atoms with Gasteiger partial charge in [-0.15, -0.1) is 0 Å². The summed E-state index contributed by atoms with van der Waals surface area (Å²) in [6.07, 6.45) is 0.581. The van der Waals surface area contributed by atoms with Crippen molar-refractivity contribution >= 4 is 18.0 Å². The molecule has 246 valence electrons. The van der Waals surface area contributed by atoms with Gasteiger partial charge in [-0.2, -0.15) is 0 Å². The third kappa shape index (κ3) is 15.8. The Balaban J connectivity index is 3.07. The number of hydrogen-bond donors (Lipinski definition) is 4. The molecule has 43 heavy (non-hydrogen) atoms. The summed E-state index contributed by atoms with van der Waals surface area (Å²) in [6.45, 7) is 12.5. The number of aliphatic carboxylic acids is 1. The zero-order valence-corrected chi connectivity index (χ0v) is 27.2. The maximum Gasteiger partial charge on any atom is 0.407 e. The van der Waals surface area contributed by atoms with Crippen molar-refractivity contribution in [1.82, 2.24) is 10.6 Å². The molecule has 1 aromatic carbocycles. The number of amides is 2. The van der Waals surface area contributed by atoms with Crippen LogP contribution in [0.1, 0.15) is 79.2 Å². The summed E-state index contributed by atoms with van der Waals surface area (Å²) in [5.74, 6) is -0.212. The number of nitrogens with one attached hydrogen (secondary N) is 2. The average Bonchev–Trinajstić information content (AvgIpc) is 2.91. The van der Waals surface area contributed by atoms with Crippen LogP contribution in [-0.2, 0) is 25.5 Å². The molecule has 1 aromatic rings. The minimum Gasteiger partial charge on any atom is -0.493 e. The van der Waals surface area contributed by atoms with Crippen LogP contribution in [0, 0.1) is 17.8 Å². The Kier molecular flexibility index (Phi) is 17.0. The maximum absolute atomic E-state index is 12.8. The van der Waals surface area contributed by atoms with Gasteiger partial charge in [0.2, 0.25) is 5.91 Å². The van der Waals surface area contributed by atoms with Crippen molar-refractivity contribution in [3.8, 4) is 11.5 Å². The van der Waals surface area contributed by atoms with Crippen molar-refractivity contribution in [2.45, 2.75) is 97.8 Å². The Morgan fingerprint density at radius 2 is 1.67 bits per heavy atom. The topological polar surface area (TPSA) is 153 Å². The molecule has 2 amide bonds. The van der Waals surface area contributed by atoms with Crippen LogP contribution in [0.5, 0.6) is 11.5 Å². The summed E-state index contributed by atoms with van der Waals surface area (Å²) in [7, 11) is 3.25. The lowest BCUT2D eigenvalue weighted by atomic mass is 9.82. The number of methoxy groups -OCH3 is 2. The number of benzene rings is 1. The van der Waals surface area contributed by atoms with Gasteiger partial charge in [0.25, 0.3) is 0 Å². The molecule has 0 aliphatic carbocycles. The van der Waals surface area contributed by atoms with E-state index < -0.39 is 35.7 Å². The molecular formula is C32H54N2O9. The Morgan fingerprint density at radius 1 is 0.977 bits per heavy atom. The van der Waals surface area contributed by atoms with E-state index in [1.807, 2.05) is 18.2 Å². The first-order valence-electron chi connectivity index (χ1n) is 15.1. The lowest BCUT2D eigenvalue weighted by molar-refractivity contribution is -0.137. The highest BCUT2D eigenvalue weighted by Gasteiger charge is 2.31. The Labute approximate surface area is 257 Å². The highest BCUT2D eigenvalue weighted by atomic mass is 16.6. The van der Waals surface area contributed by atoms with Crippen molar-refractivity contribution in [3.05, 3.63) is 23.8 Å². The molecule has 11 heteroatoms. The molecule has 4 atom stereocenters. The van der Waals surface area contributed by atoms with Crippen LogP contribution in [0.3, 0.4) is 0 Å². The van der Waals surface area contributed by atoms with Gasteiger partial charge in [-0.1, -0.05) is 26.8 Å². The largest absolute Gasteiger partial charge is 0.493 e. The second-order valence-electron chi connectivity index (χ2n) is 12.4. The minimum absolute atomic E-state index is 0.0363. The van der Waals surface area contributed by atoms with Gasteiger partial charge in [-0.25, -0.2) is 4.79 Å². The molecule has 11 nitrogen and oxygen atoms in total. The lowest BCUT2D eigenvalue weighted by Crippen LogP contribution is -2.48. The first-order chi connectivity index (χ1) is 20.2. The fourth-order valence-electron chi connectivity index (χ4n) is 4.60. The first kappa shape index (κ1) is 38.0. The molecule has 0 unspecified atom stereocenters. The summed E-state index contributed by atoms with van der Waals surface area (Å²) in [5.41, 5.74) is 0.309. The van der Waals surface area contributed by atoms with Crippen molar-refractivity contribution in [3.63, 3.8) is 0 Å². The fraction of sp³-hybridized carbons (Fsp3) is 0.719. The van der Waals surface area contributed by atoms with Gasteiger partial charge in [-0.3, -0.25) is 9.59 Å². The molecule has 0 bridgehead atoms. The molecule has 0 aliphatic heterocycles. The van der Waals surface area contributed by atoms with Gasteiger partial charge < -0.3 is 39.8 Å². The molecule has 0 saturated carbocycles. The predicted octanol–water partition coefficient (Wildman–Crippen LogP) is 4.58. The predicted molar refractivity (Wildman–Crippen MR) is 164 cm³/mol. The molecule has 0 heterocycles. The number of rotatable bonds is 20. The molecule has 4 N–H and O–H groups in total. The summed E-state index contributed by atoms with van der Waals surface area (Å²) in [6, 6.07) is 5.15. The molecule has 0 spiro atoms. The van der Waals surface area contributed by atoms with E-state index in [9.17, 15) is 19.5 Å². The van der Waals surface area contributed by atoms with E-state index in [-0.39, 0.29) is 37.1 Å². The van der Waals surface area contributed by atoms with E-state index in [4.69, 9.17) is 24.1 Å². The number of hydrogen-bond acceptors (Lipinski definition) is 8. The smallest absolute Gasteiger partial charge is 0.407 e. The highest BCUT2D eigenvalue weighted by Crippen LogP contribution is 2.32. The molecule has 0 radical (unpaired) electrons. The number of aliphatic hydroxyl groups is 1. The second kappa shape index (κ2) is 19.3. The number of carboxylic acid groups (broad SMARTS) is 1. The van der Waals surface area contributed by atoms with Gasteiger partial charge >= 0.3 is 12.1 Å². The molecule has 0 aromatic heterocycles.